The van der Waals surface area contributed by atoms with E-state index in [0.29, 0.717) is 24.5 Å². The molecule has 0 radical (unpaired) electrons. The van der Waals surface area contributed by atoms with Gasteiger partial charge in [0.1, 0.15) is 11.8 Å². The van der Waals surface area contributed by atoms with Gasteiger partial charge in [-0.25, -0.2) is 0 Å². The molecule has 0 aliphatic rings. The zero-order valence-electron chi connectivity index (χ0n) is 17.0. The molecule has 0 aliphatic carbocycles. The Morgan fingerprint density at radius 2 is 1.97 bits per heavy atom. The maximum Gasteiger partial charge on any atom is 0.248 e. The van der Waals surface area contributed by atoms with Crippen LogP contribution in [0.4, 0.5) is 5.69 Å². The van der Waals surface area contributed by atoms with Gasteiger partial charge in [0.2, 0.25) is 5.91 Å². The highest BCUT2D eigenvalue weighted by molar-refractivity contribution is 6.08. The van der Waals surface area contributed by atoms with E-state index in [2.05, 4.69) is 5.32 Å². The molecule has 0 fully saturated rings. The number of carbonyl (C=O) groups excluding carboxylic acids is 1. The number of likely N-dealkylation sites (N-methyl/N-ethyl adjacent to an activating group) is 1. The predicted octanol–water partition coefficient (Wildman–Crippen LogP) is 2.58. The van der Waals surface area contributed by atoms with Crippen LogP contribution in [0.25, 0.3) is 5.57 Å². The Morgan fingerprint density at radius 3 is 2.55 bits per heavy atom. The number of ether oxygens (including phenoxy) is 2. The number of hydrogen-bond donors (Lipinski definition) is 3. The fraction of sp³-hybridized carbons (Fsp3) is 0.273. The SMILES string of the molecule is COCCNC(C(=O)N(C)c1ccc(/C(C=N)=C/N)cc1)c1cccc(OC)c1. The minimum atomic E-state index is -0.550. The van der Waals surface area contributed by atoms with Crippen LogP contribution in [0.2, 0.25) is 0 Å². The average Bonchev–Trinajstić information content (AvgIpc) is 2.77. The van der Waals surface area contributed by atoms with E-state index in [1.54, 1.807) is 26.2 Å². The first-order valence-electron chi connectivity index (χ1n) is 9.22. The minimum absolute atomic E-state index is 0.108. The molecule has 1 amide bonds. The molecule has 29 heavy (non-hydrogen) atoms. The second-order valence-corrected chi connectivity index (χ2v) is 6.37. The topological polar surface area (TPSA) is 101 Å². The molecule has 154 valence electrons. The third-order valence-corrected chi connectivity index (χ3v) is 4.58. The van der Waals surface area contributed by atoms with Gasteiger partial charge in [-0.3, -0.25) is 10.1 Å². The summed E-state index contributed by atoms with van der Waals surface area (Å²) in [6.45, 7) is 1.02. The molecule has 1 atom stereocenters. The summed E-state index contributed by atoms with van der Waals surface area (Å²) < 4.78 is 10.4. The number of nitrogens with zero attached hydrogens (tertiary/aromatic N) is 1. The molecular weight excluding hydrogens is 368 g/mol. The summed E-state index contributed by atoms with van der Waals surface area (Å²) in [6, 6.07) is 14.2. The van der Waals surface area contributed by atoms with E-state index in [-0.39, 0.29) is 5.91 Å². The third kappa shape index (κ3) is 5.66. The van der Waals surface area contributed by atoms with Crippen LogP contribution in [0.5, 0.6) is 5.75 Å². The van der Waals surface area contributed by atoms with Gasteiger partial charge in [0.25, 0.3) is 0 Å². The summed E-state index contributed by atoms with van der Waals surface area (Å²) in [6.07, 6.45) is 2.58. The summed E-state index contributed by atoms with van der Waals surface area (Å²) in [5.41, 5.74) is 8.52. The van der Waals surface area contributed by atoms with E-state index in [1.165, 1.54) is 12.4 Å². The van der Waals surface area contributed by atoms with E-state index in [4.69, 9.17) is 20.6 Å². The monoisotopic (exact) mass is 396 g/mol. The maximum absolute atomic E-state index is 13.3. The second kappa shape index (κ2) is 11.0. The Balaban J connectivity index is 2.27. The Labute approximate surface area is 171 Å². The van der Waals surface area contributed by atoms with Crippen molar-refractivity contribution in [2.75, 3.05) is 39.3 Å². The molecule has 2 aromatic rings. The number of benzene rings is 2. The molecule has 4 N–H and O–H groups in total. The van der Waals surface area contributed by atoms with Crippen LogP contribution < -0.4 is 20.7 Å². The smallest absolute Gasteiger partial charge is 0.248 e. The molecule has 0 heterocycles. The first kappa shape index (κ1) is 22.1. The Bertz CT molecular complexity index is 849. The highest BCUT2D eigenvalue weighted by Gasteiger charge is 2.24. The summed E-state index contributed by atoms with van der Waals surface area (Å²) >= 11 is 0. The molecule has 2 aromatic carbocycles. The fourth-order valence-corrected chi connectivity index (χ4v) is 2.90. The van der Waals surface area contributed by atoms with E-state index in [9.17, 15) is 4.79 Å². The molecule has 2 rings (SSSR count). The molecule has 7 heteroatoms. The summed E-state index contributed by atoms with van der Waals surface area (Å²) in [5, 5.41) is 10.7. The van der Waals surface area contributed by atoms with E-state index < -0.39 is 6.04 Å². The van der Waals surface area contributed by atoms with Gasteiger partial charge >= 0.3 is 0 Å². The molecular formula is C22H28N4O3. The summed E-state index contributed by atoms with van der Waals surface area (Å²) in [7, 11) is 4.95. The largest absolute Gasteiger partial charge is 0.497 e. The Kier molecular flexibility index (Phi) is 8.39. The lowest BCUT2D eigenvalue weighted by atomic mass is 10.0. The lowest BCUT2D eigenvalue weighted by molar-refractivity contribution is -0.120. The van der Waals surface area contributed by atoms with Crippen molar-refractivity contribution in [2.24, 2.45) is 5.73 Å². The van der Waals surface area contributed by atoms with Crippen molar-refractivity contribution < 1.29 is 14.3 Å². The van der Waals surface area contributed by atoms with Crippen LogP contribution in [0.15, 0.2) is 54.7 Å². The molecule has 0 aromatic heterocycles. The zero-order valence-corrected chi connectivity index (χ0v) is 17.0. The molecule has 0 bridgehead atoms. The van der Waals surface area contributed by atoms with Gasteiger partial charge in [0.15, 0.2) is 0 Å². The minimum Gasteiger partial charge on any atom is -0.497 e. The fourth-order valence-electron chi connectivity index (χ4n) is 2.90. The van der Waals surface area contributed by atoms with Crippen molar-refractivity contribution in [3.8, 4) is 5.75 Å². The second-order valence-electron chi connectivity index (χ2n) is 6.37. The maximum atomic E-state index is 13.3. The van der Waals surface area contributed by atoms with Crippen LogP contribution >= 0.6 is 0 Å². The van der Waals surface area contributed by atoms with Crippen LogP contribution in [-0.4, -0.2) is 46.5 Å². The number of amides is 1. The first-order valence-corrected chi connectivity index (χ1v) is 9.22. The first-order chi connectivity index (χ1) is 14.0. The van der Waals surface area contributed by atoms with Gasteiger partial charge in [-0.15, -0.1) is 0 Å². The molecule has 0 saturated carbocycles. The van der Waals surface area contributed by atoms with E-state index >= 15 is 0 Å². The van der Waals surface area contributed by atoms with Crippen LogP contribution in [0.3, 0.4) is 0 Å². The lowest BCUT2D eigenvalue weighted by Gasteiger charge is -2.25. The highest BCUT2D eigenvalue weighted by atomic mass is 16.5. The van der Waals surface area contributed by atoms with Crippen molar-refractivity contribution >= 4 is 23.4 Å². The van der Waals surface area contributed by atoms with Crippen LogP contribution in [0.1, 0.15) is 17.2 Å². The predicted molar refractivity (Wildman–Crippen MR) is 116 cm³/mol. The highest BCUT2D eigenvalue weighted by Crippen LogP contribution is 2.24. The molecule has 0 aliphatic heterocycles. The van der Waals surface area contributed by atoms with Crippen molar-refractivity contribution in [1.29, 1.82) is 5.41 Å². The average molecular weight is 396 g/mol. The van der Waals surface area contributed by atoms with E-state index in [0.717, 1.165) is 16.8 Å². The number of allylic oxidation sites excluding steroid dienone is 1. The number of carbonyl (C=O) groups is 1. The number of hydrogen-bond acceptors (Lipinski definition) is 6. The Morgan fingerprint density at radius 1 is 1.24 bits per heavy atom. The number of methoxy groups -OCH3 is 2. The quantitative estimate of drug-likeness (QED) is 0.423. The van der Waals surface area contributed by atoms with Gasteiger partial charge in [0.05, 0.1) is 13.7 Å². The van der Waals surface area contributed by atoms with Gasteiger partial charge < -0.3 is 25.5 Å². The van der Waals surface area contributed by atoms with Crippen molar-refractivity contribution in [3.05, 3.63) is 65.9 Å². The van der Waals surface area contributed by atoms with Gasteiger partial charge in [-0.1, -0.05) is 24.3 Å². The summed E-state index contributed by atoms with van der Waals surface area (Å²) in [5.74, 6) is 0.581. The Hall–Kier alpha value is -3.16. The molecule has 1 unspecified atom stereocenters. The molecule has 0 spiro atoms. The molecule has 7 nitrogen and oxygen atoms in total. The van der Waals surface area contributed by atoms with E-state index in [1.807, 2.05) is 48.5 Å². The van der Waals surface area contributed by atoms with Gasteiger partial charge in [0, 0.05) is 44.4 Å². The number of rotatable bonds is 10. The third-order valence-electron chi connectivity index (χ3n) is 4.58. The van der Waals surface area contributed by atoms with Gasteiger partial charge in [-0.2, -0.15) is 0 Å². The van der Waals surface area contributed by atoms with Crippen molar-refractivity contribution in [3.63, 3.8) is 0 Å². The van der Waals surface area contributed by atoms with Crippen molar-refractivity contribution in [1.82, 2.24) is 5.32 Å². The normalized spacial score (nSPS) is 12.3. The summed E-state index contributed by atoms with van der Waals surface area (Å²) in [4.78, 5) is 14.9. The van der Waals surface area contributed by atoms with Crippen LogP contribution in [0, 0.1) is 5.41 Å². The lowest BCUT2D eigenvalue weighted by Crippen LogP contribution is -2.40. The number of nitrogens with one attached hydrogen (secondary N) is 2. The number of anilines is 1. The van der Waals surface area contributed by atoms with Gasteiger partial charge in [-0.05, 0) is 35.4 Å². The van der Waals surface area contributed by atoms with Crippen molar-refractivity contribution in [2.45, 2.75) is 6.04 Å². The zero-order chi connectivity index (χ0) is 21.2. The number of nitrogens with two attached hydrogens (primary N) is 1. The van der Waals surface area contributed by atoms with Crippen LogP contribution in [-0.2, 0) is 9.53 Å². The molecule has 0 saturated heterocycles. The standard InChI is InChI=1S/C22H28N4O3/c1-26(19-9-7-16(8-10-19)18(14-23)15-24)22(27)21(25-11-12-28-2)17-5-4-6-20(13-17)29-3/h4-10,13-15,21,23,25H,11-12,24H2,1-3H3/b18-15+,23-14?.